The molecule has 1 amide bonds. The van der Waals surface area contributed by atoms with E-state index in [9.17, 15) is 14.4 Å². The summed E-state index contributed by atoms with van der Waals surface area (Å²) in [5.74, 6) is -0.0170. The van der Waals surface area contributed by atoms with Crippen molar-refractivity contribution in [3.8, 4) is 0 Å². The highest BCUT2D eigenvalue weighted by molar-refractivity contribution is 6.14. The van der Waals surface area contributed by atoms with Crippen LogP contribution in [0.5, 0.6) is 0 Å². The number of hydrogen-bond donors (Lipinski definition) is 2. The normalized spacial score (nSPS) is 11.8. The first-order valence-electron chi connectivity index (χ1n) is 12.8. The van der Waals surface area contributed by atoms with Crippen LogP contribution in [0.15, 0.2) is 21.9 Å². The second-order valence-electron chi connectivity index (χ2n) is 10.3. The average molecular weight is 498 g/mol. The molecule has 0 aliphatic carbocycles. The molecular formula is C26H39N7O3. The van der Waals surface area contributed by atoms with E-state index in [1.807, 2.05) is 48.5 Å². The fraction of sp³-hybridized carbons (Fsp3) is 0.577. The van der Waals surface area contributed by atoms with Gasteiger partial charge in [0.2, 0.25) is 0 Å². The van der Waals surface area contributed by atoms with E-state index in [0.29, 0.717) is 36.0 Å². The fourth-order valence-electron chi connectivity index (χ4n) is 4.11. The maximum Gasteiger partial charge on any atom is 0.330 e. The van der Waals surface area contributed by atoms with Gasteiger partial charge in [-0.25, -0.2) is 14.5 Å². The Kier molecular flexibility index (Phi) is 8.37. The molecule has 0 bridgehead atoms. The van der Waals surface area contributed by atoms with Crippen molar-refractivity contribution in [1.29, 1.82) is 0 Å². The minimum atomic E-state index is -0.672. The van der Waals surface area contributed by atoms with Crippen LogP contribution in [0.1, 0.15) is 95.7 Å². The molecule has 0 spiro atoms. The molecule has 3 aromatic heterocycles. The number of aromatic nitrogens is 5. The Morgan fingerprint density at radius 3 is 2.44 bits per heavy atom. The highest BCUT2D eigenvalue weighted by Gasteiger charge is 2.28. The van der Waals surface area contributed by atoms with Crippen molar-refractivity contribution < 1.29 is 4.79 Å². The van der Waals surface area contributed by atoms with Crippen molar-refractivity contribution in [3.63, 3.8) is 0 Å². The summed E-state index contributed by atoms with van der Waals surface area (Å²) in [5.41, 5.74) is 6.95. The quantitative estimate of drug-likeness (QED) is 0.434. The highest BCUT2D eigenvalue weighted by Crippen LogP contribution is 2.28. The van der Waals surface area contributed by atoms with Crippen LogP contribution in [-0.2, 0) is 6.54 Å². The maximum absolute atomic E-state index is 14.2. The SMILES string of the molecule is CCCCn1c(N)c(N(CCC(C)C)C(=O)c2cc(C(C)C)nc3c2cnn3C(C)C)c(=O)[nH]c1=O. The lowest BCUT2D eigenvalue weighted by Crippen LogP contribution is -2.42. The van der Waals surface area contributed by atoms with Crippen LogP contribution in [0, 0.1) is 5.92 Å². The number of nitrogen functional groups attached to an aromatic ring is 1. The Morgan fingerprint density at radius 2 is 1.86 bits per heavy atom. The van der Waals surface area contributed by atoms with Gasteiger partial charge in [0.05, 0.1) is 17.1 Å². The molecule has 0 saturated heterocycles. The third-order valence-corrected chi connectivity index (χ3v) is 6.29. The number of carbonyl (C=O) groups excluding carboxylic acids is 1. The number of nitrogens with one attached hydrogen (secondary N) is 1. The molecule has 10 nitrogen and oxygen atoms in total. The molecule has 0 aliphatic heterocycles. The summed E-state index contributed by atoms with van der Waals surface area (Å²) in [6, 6.07) is 1.83. The standard InChI is InChI=1S/C26H39N7O3/c1-8-9-11-32-22(27)21(24(34)30-26(32)36)31(12-10-15(2)3)25(35)18-13-20(16(4)5)29-23-19(18)14-28-33(23)17(6)7/h13-17H,8-12,27H2,1-7H3,(H,30,34,36). The minimum Gasteiger partial charge on any atom is -0.383 e. The molecule has 0 atom stereocenters. The largest absolute Gasteiger partial charge is 0.383 e. The van der Waals surface area contributed by atoms with Gasteiger partial charge in [-0.15, -0.1) is 0 Å². The molecule has 0 aromatic carbocycles. The van der Waals surface area contributed by atoms with Crippen LogP contribution in [-0.4, -0.2) is 36.8 Å². The Hall–Kier alpha value is -3.43. The van der Waals surface area contributed by atoms with Gasteiger partial charge in [-0.3, -0.25) is 19.1 Å². The number of fused-ring (bicyclic) bond motifs is 1. The number of anilines is 2. The van der Waals surface area contributed by atoms with Crippen LogP contribution in [0.3, 0.4) is 0 Å². The average Bonchev–Trinajstić information content (AvgIpc) is 3.24. The van der Waals surface area contributed by atoms with E-state index in [2.05, 4.69) is 10.1 Å². The van der Waals surface area contributed by atoms with E-state index >= 15 is 0 Å². The summed E-state index contributed by atoms with van der Waals surface area (Å²) in [6.07, 6.45) is 3.86. The van der Waals surface area contributed by atoms with Crippen LogP contribution in [0.25, 0.3) is 11.0 Å². The lowest BCUT2D eigenvalue weighted by Gasteiger charge is -2.26. The molecule has 3 heterocycles. The minimum absolute atomic E-state index is 0.00145. The number of aromatic amines is 1. The molecule has 3 rings (SSSR count). The van der Waals surface area contributed by atoms with E-state index in [4.69, 9.17) is 10.7 Å². The predicted octanol–water partition coefficient (Wildman–Crippen LogP) is 4.06. The van der Waals surface area contributed by atoms with Gasteiger partial charge in [0.25, 0.3) is 11.5 Å². The molecule has 0 fully saturated rings. The van der Waals surface area contributed by atoms with E-state index in [1.165, 1.54) is 9.47 Å². The Bertz CT molecular complexity index is 1350. The molecule has 0 saturated carbocycles. The number of nitrogens with two attached hydrogens (primary N) is 1. The number of rotatable bonds is 10. The fourth-order valence-corrected chi connectivity index (χ4v) is 4.11. The lowest BCUT2D eigenvalue weighted by atomic mass is 10.0. The van der Waals surface area contributed by atoms with Gasteiger partial charge >= 0.3 is 5.69 Å². The summed E-state index contributed by atoms with van der Waals surface area (Å²) in [4.78, 5) is 48.4. The summed E-state index contributed by atoms with van der Waals surface area (Å²) >= 11 is 0. The van der Waals surface area contributed by atoms with Crippen LogP contribution >= 0.6 is 0 Å². The lowest BCUT2D eigenvalue weighted by molar-refractivity contribution is 0.0987. The molecule has 3 N–H and O–H groups in total. The Balaban J connectivity index is 2.26. The first-order valence-corrected chi connectivity index (χ1v) is 12.8. The number of H-pyrrole nitrogens is 1. The molecule has 36 heavy (non-hydrogen) atoms. The van der Waals surface area contributed by atoms with Crippen molar-refractivity contribution in [3.05, 3.63) is 44.4 Å². The van der Waals surface area contributed by atoms with E-state index in [-0.39, 0.29) is 41.8 Å². The maximum atomic E-state index is 14.2. The third kappa shape index (κ3) is 5.37. The van der Waals surface area contributed by atoms with Gasteiger partial charge in [0.1, 0.15) is 5.82 Å². The first-order chi connectivity index (χ1) is 17.0. The van der Waals surface area contributed by atoms with Gasteiger partial charge in [-0.05, 0) is 44.6 Å². The smallest absolute Gasteiger partial charge is 0.330 e. The summed E-state index contributed by atoms with van der Waals surface area (Å²) in [7, 11) is 0. The Labute approximate surface area is 211 Å². The van der Waals surface area contributed by atoms with Crippen LogP contribution < -0.4 is 21.9 Å². The second-order valence-corrected chi connectivity index (χ2v) is 10.3. The third-order valence-electron chi connectivity index (χ3n) is 6.29. The van der Waals surface area contributed by atoms with Gasteiger partial charge < -0.3 is 10.6 Å². The Morgan fingerprint density at radius 1 is 1.17 bits per heavy atom. The molecule has 0 unspecified atom stereocenters. The number of carbonyl (C=O) groups is 1. The zero-order valence-electron chi connectivity index (χ0n) is 22.5. The van der Waals surface area contributed by atoms with Gasteiger partial charge in [-0.2, -0.15) is 5.10 Å². The zero-order valence-corrected chi connectivity index (χ0v) is 22.5. The van der Waals surface area contributed by atoms with E-state index in [1.54, 1.807) is 16.9 Å². The summed E-state index contributed by atoms with van der Waals surface area (Å²) < 4.78 is 3.14. The zero-order chi connectivity index (χ0) is 26.7. The predicted molar refractivity (Wildman–Crippen MR) is 144 cm³/mol. The van der Waals surface area contributed by atoms with Crippen LogP contribution in [0.2, 0.25) is 0 Å². The van der Waals surface area contributed by atoms with Crippen molar-refractivity contribution in [1.82, 2.24) is 24.3 Å². The number of nitrogens with zero attached hydrogens (tertiary/aromatic N) is 5. The number of amides is 1. The van der Waals surface area contributed by atoms with Gasteiger partial charge in [0.15, 0.2) is 11.3 Å². The summed E-state index contributed by atoms with van der Waals surface area (Å²) in [5, 5.41) is 5.10. The number of pyridine rings is 1. The molecular weight excluding hydrogens is 458 g/mol. The second kappa shape index (κ2) is 11.1. The van der Waals surface area contributed by atoms with Crippen LogP contribution in [0.4, 0.5) is 11.5 Å². The van der Waals surface area contributed by atoms with Gasteiger partial charge in [-0.1, -0.05) is 41.0 Å². The van der Waals surface area contributed by atoms with E-state index < -0.39 is 11.2 Å². The van der Waals surface area contributed by atoms with Crippen molar-refractivity contribution in [2.24, 2.45) is 5.92 Å². The molecule has 0 aliphatic rings. The molecule has 3 aromatic rings. The number of unbranched alkanes of at least 4 members (excludes halogenated alkanes) is 1. The van der Waals surface area contributed by atoms with Gasteiger partial charge in [0, 0.05) is 24.8 Å². The molecule has 196 valence electrons. The van der Waals surface area contributed by atoms with Crippen molar-refractivity contribution in [2.75, 3.05) is 17.2 Å². The van der Waals surface area contributed by atoms with E-state index in [0.717, 1.165) is 12.1 Å². The van der Waals surface area contributed by atoms with Crippen molar-refractivity contribution >= 4 is 28.4 Å². The topological polar surface area (TPSA) is 132 Å². The molecule has 10 heteroatoms. The monoisotopic (exact) mass is 497 g/mol. The highest BCUT2D eigenvalue weighted by atomic mass is 16.2. The first kappa shape index (κ1) is 27.2. The molecule has 0 radical (unpaired) electrons. The summed E-state index contributed by atoms with van der Waals surface area (Å²) in [6.45, 7) is 14.8. The van der Waals surface area contributed by atoms with Crippen molar-refractivity contribution in [2.45, 2.75) is 86.2 Å². The number of hydrogen-bond acceptors (Lipinski definition) is 6.